The van der Waals surface area contributed by atoms with Gasteiger partial charge in [0.05, 0.1) is 18.8 Å². The molecule has 0 atom stereocenters. The van der Waals surface area contributed by atoms with Gasteiger partial charge in [-0.2, -0.15) is 13.2 Å². The van der Waals surface area contributed by atoms with Crippen LogP contribution in [0.4, 0.5) is 18.3 Å². The van der Waals surface area contributed by atoms with Crippen molar-refractivity contribution in [2.45, 2.75) is 25.4 Å². The van der Waals surface area contributed by atoms with Crippen LogP contribution in [0, 0.1) is 0 Å². The highest BCUT2D eigenvalue weighted by atomic mass is 32.1. The zero-order valence-electron chi connectivity index (χ0n) is 9.43. The Labute approximate surface area is 106 Å². The van der Waals surface area contributed by atoms with E-state index in [4.69, 9.17) is 0 Å². The molecule has 2 rings (SSSR count). The predicted octanol–water partition coefficient (Wildman–Crippen LogP) is 1.72. The summed E-state index contributed by atoms with van der Waals surface area (Å²) in [6.45, 7) is -1.54. The Kier molecular flexibility index (Phi) is 3.86. The number of aromatic nitrogens is 1. The molecule has 1 aliphatic carbocycles. The SMILES string of the molecule is O=C(CNCC(F)(F)F)Nc1nc2c(s1)CCC2. The highest BCUT2D eigenvalue weighted by Gasteiger charge is 2.26. The van der Waals surface area contributed by atoms with Gasteiger partial charge in [-0.1, -0.05) is 0 Å². The molecule has 0 bridgehead atoms. The van der Waals surface area contributed by atoms with Crippen LogP contribution in [0.15, 0.2) is 0 Å². The first kappa shape index (κ1) is 13.3. The van der Waals surface area contributed by atoms with E-state index in [2.05, 4.69) is 10.3 Å². The predicted molar refractivity (Wildman–Crippen MR) is 61.7 cm³/mol. The maximum atomic E-state index is 11.8. The topological polar surface area (TPSA) is 54.0 Å². The zero-order valence-corrected chi connectivity index (χ0v) is 10.2. The first-order chi connectivity index (χ1) is 8.44. The lowest BCUT2D eigenvalue weighted by Crippen LogP contribution is -2.35. The second-order valence-corrected chi connectivity index (χ2v) is 5.09. The van der Waals surface area contributed by atoms with Crippen molar-refractivity contribution in [2.75, 3.05) is 18.4 Å². The lowest BCUT2D eigenvalue weighted by atomic mass is 10.4. The molecule has 0 unspecified atom stereocenters. The third-order valence-electron chi connectivity index (χ3n) is 2.45. The molecule has 2 N–H and O–H groups in total. The molecule has 0 saturated carbocycles. The Morgan fingerprint density at radius 2 is 2.17 bits per heavy atom. The molecule has 4 nitrogen and oxygen atoms in total. The van der Waals surface area contributed by atoms with Crippen LogP contribution in [0.2, 0.25) is 0 Å². The van der Waals surface area contributed by atoms with Crippen molar-refractivity contribution in [2.24, 2.45) is 0 Å². The van der Waals surface area contributed by atoms with E-state index in [0.717, 1.165) is 29.8 Å². The van der Waals surface area contributed by atoms with Crippen molar-refractivity contribution in [3.63, 3.8) is 0 Å². The summed E-state index contributed by atoms with van der Waals surface area (Å²) in [5.41, 5.74) is 0.999. The van der Waals surface area contributed by atoms with Crippen LogP contribution in [-0.2, 0) is 17.6 Å². The van der Waals surface area contributed by atoms with Crippen molar-refractivity contribution in [3.8, 4) is 0 Å². The Bertz CT molecular complexity index is 423. The molecule has 18 heavy (non-hydrogen) atoms. The van der Waals surface area contributed by atoms with Gasteiger partial charge in [0, 0.05) is 4.88 Å². The number of anilines is 1. The van der Waals surface area contributed by atoms with Crippen LogP contribution in [0.1, 0.15) is 17.0 Å². The number of alkyl halides is 3. The third-order valence-corrected chi connectivity index (χ3v) is 3.53. The number of hydrogen-bond donors (Lipinski definition) is 2. The minimum Gasteiger partial charge on any atom is -0.301 e. The summed E-state index contributed by atoms with van der Waals surface area (Å²) in [4.78, 5) is 16.7. The molecular formula is C10H12F3N3OS. The van der Waals surface area contributed by atoms with E-state index in [-0.39, 0.29) is 6.54 Å². The van der Waals surface area contributed by atoms with Crippen molar-refractivity contribution >= 4 is 22.4 Å². The Balaban J connectivity index is 1.77. The van der Waals surface area contributed by atoms with Gasteiger partial charge in [-0.25, -0.2) is 4.98 Å². The molecule has 0 aliphatic heterocycles. The number of nitrogens with zero attached hydrogens (tertiary/aromatic N) is 1. The number of fused-ring (bicyclic) bond motifs is 1. The Hall–Kier alpha value is -1.15. The molecular weight excluding hydrogens is 267 g/mol. The van der Waals surface area contributed by atoms with Crippen molar-refractivity contribution in [1.29, 1.82) is 0 Å². The van der Waals surface area contributed by atoms with Gasteiger partial charge in [0.15, 0.2) is 5.13 Å². The molecule has 0 fully saturated rings. The van der Waals surface area contributed by atoms with E-state index in [0.29, 0.717) is 5.13 Å². The van der Waals surface area contributed by atoms with E-state index in [9.17, 15) is 18.0 Å². The van der Waals surface area contributed by atoms with E-state index >= 15 is 0 Å². The summed E-state index contributed by atoms with van der Waals surface area (Å²) in [7, 11) is 0. The van der Waals surface area contributed by atoms with Crippen LogP contribution < -0.4 is 10.6 Å². The highest BCUT2D eigenvalue weighted by Crippen LogP contribution is 2.30. The molecule has 100 valence electrons. The summed E-state index contributed by atoms with van der Waals surface area (Å²) in [5, 5.41) is 5.00. The van der Waals surface area contributed by atoms with E-state index in [1.165, 1.54) is 11.3 Å². The van der Waals surface area contributed by atoms with Gasteiger partial charge in [-0.15, -0.1) is 11.3 Å². The van der Waals surface area contributed by atoms with Crippen LogP contribution in [0.5, 0.6) is 0 Å². The normalized spacial score (nSPS) is 14.6. The number of nitrogens with one attached hydrogen (secondary N) is 2. The van der Waals surface area contributed by atoms with Gasteiger partial charge < -0.3 is 10.6 Å². The molecule has 1 heterocycles. The van der Waals surface area contributed by atoms with Gasteiger partial charge in [0.1, 0.15) is 0 Å². The van der Waals surface area contributed by atoms with Crippen LogP contribution in [0.25, 0.3) is 0 Å². The fourth-order valence-electron chi connectivity index (χ4n) is 1.73. The standard InChI is InChI=1S/C10H12F3N3OS/c11-10(12,13)5-14-4-8(17)16-9-15-6-2-1-3-7(6)18-9/h14H,1-5H2,(H,15,16,17). The lowest BCUT2D eigenvalue weighted by Gasteiger charge is -2.07. The summed E-state index contributed by atoms with van der Waals surface area (Å²) in [5.74, 6) is -0.508. The summed E-state index contributed by atoms with van der Waals surface area (Å²) < 4.78 is 35.5. The fourth-order valence-corrected chi connectivity index (χ4v) is 2.79. The largest absolute Gasteiger partial charge is 0.401 e. The molecule has 0 saturated heterocycles. The number of hydrogen-bond acceptors (Lipinski definition) is 4. The Morgan fingerprint density at radius 3 is 2.83 bits per heavy atom. The van der Waals surface area contributed by atoms with Gasteiger partial charge >= 0.3 is 6.18 Å². The second-order valence-electron chi connectivity index (χ2n) is 4.01. The fraction of sp³-hybridized carbons (Fsp3) is 0.600. The molecule has 1 amide bonds. The first-order valence-electron chi connectivity index (χ1n) is 5.50. The van der Waals surface area contributed by atoms with Crippen molar-refractivity contribution in [3.05, 3.63) is 10.6 Å². The van der Waals surface area contributed by atoms with E-state index in [1.807, 2.05) is 5.32 Å². The van der Waals surface area contributed by atoms with Gasteiger partial charge in [0.25, 0.3) is 0 Å². The van der Waals surface area contributed by atoms with Crippen LogP contribution in [-0.4, -0.2) is 30.2 Å². The molecule has 1 aromatic heterocycles. The molecule has 0 spiro atoms. The van der Waals surface area contributed by atoms with Gasteiger partial charge in [0.2, 0.25) is 5.91 Å². The van der Waals surface area contributed by atoms with E-state index < -0.39 is 18.6 Å². The minimum atomic E-state index is -4.30. The smallest absolute Gasteiger partial charge is 0.301 e. The van der Waals surface area contributed by atoms with Crippen molar-refractivity contribution < 1.29 is 18.0 Å². The maximum absolute atomic E-state index is 11.8. The second kappa shape index (κ2) is 5.23. The number of aryl methyl sites for hydroxylation is 2. The number of rotatable bonds is 4. The maximum Gasteiger partial charge on any atom is 0.401 e. The number of carbonyl (C=O) groups is 1. The van der Waals surface area contributed by atoms with E-state index in [1.54, 1.807) is 0 Å². The average Bonchev–Trinajstić information content (AvgIpc) is 2.75. The third kappa shape index (κ3) is 3.67. The summed E-state index contributed by atoms with van der Waals surface area (Å²) >= 11 is 1.40. The number of halogens is 3. The molecule has 1 aliphatic rings. The number of amides is 1. The average molecular weight is 279 g/mol. The van der Waals surface area contributed by atoms with Gasteiger partial charge in [-0.05, 0) is 19.3 Å². The molecule has 0 aromatic carbocycles. The highest BCUT2D eigenvalue weighted by molar-refractivity contribution is 7.15. The van der Waals surface area contributed by atoms with Crippen LogP contribution >= 0.6 is 11.3 Å². The van der Waals surface area contributed by atoms with Gasteiger partial charge in [-0.3, -0.25) is 4.79 Å². The van der Waals surface area contributed by atoms with Crippen LogP contribution in [0.3, 0.4) is 0 Å². The lowest BCUT2D eigenvalue weighted by molar-refractivity contribution is -0.126. The monoisotopic (exact) mass is 279 g/mol. The number of thiazole rings is 1. The first-order valence-corrected chi connectivity index (χ1v) is 6.31. The number of carbonyl (C=O) groups excluding carboxylic acids is 1. The summed E-state index contributed by atoms with van der Waals surface area (Å²) in [6.07, 6.45) is -1.35. The molecule has 1 aromatic rings. The zero-order chi connectivity index (χ0) is 13.2. The quantitative estimate of drug-likeness (QED) is 0.882. The van der Waals surface area contributed by atoms with Crippen molar-refractivity contribution in [1.82, 2.24) is 10.3 Å². The summed E-state index contributed by atoms with van der Waals surface area (Å²) in [6, 6.07) is 0. The molecule has 8 heteroatoms. The minimum absolute atomic E-state index is 0.371. The Morgan fingerprint density at radius 1 is 1.39 bits per heavy atom. The molecule has 0 radical (unpaired) electrons.